The lowest BCUT2D eigenvalue weighted by atomic mass is 10.1. The molecule has 0 spiro atoms. The van der Waals surface area contributed by atoms with Crippen LogP contribution in [0.4, 0.5) is 24.5 Å². The van der Waals surface area contributed by atoms with Gasteiger partial charge in [0.15, 0.2) is 0 Å². The number of aliphatic imine (C=N–C) groups is 1. The zero-order valence-electron chi connectivity index (χ0n) is 17.4. The Labute approximate surface area is 181 Å². The molecule has 1 heterocycles. The molecule has 0 fully saturated rings. The Bertz CT molecular complexity index is 1150. The topological polar surface area (TPSA) is 122 Å². The molecular formula is C21H21F3N4O4. The standard InChI is InChI=1S/C21H21F3N4O4/c1-3-4-5-6-9-27-19(29)15(11-25)13(2)16(20(27)30)12-26-17-8-7-14(21(22,23)24)10-18(17)28(31)32/h7-8,10,12,30H,3-6,9H2,1-2H3. The van der Waals surface area contributed by atoms with E-state index < -0.39 is 33.8 Å². The summed E-state index contributed by atoms with van der Waals surface area (Å²) < 4.78 is 39.7. The third kappa shape index (κ3) is 5.32. The van der Waals surface area contributed by atoms with Crippen LogP contribution in [0.5, 0.6) is 5.88 Å². The Balaban J connectivity index is 2.56. The van der Waals surface area contributed by atoms with E-state index in [1.165, 1.54) is 6.92 Å². The average Bonchev–Trinajstić information content (AvgIpc) is 2.72. The molecule has 170 valence electrons. The van der Waals surface area contributed by atoms with Crippen molar-refractivity contribution >= 4 is 17.6 Å². The minimum atomic E-state index is -4.77. The van der Waals surface area contributed by atoms with Crippen molar-refractivity contribution in [3.63, 3.8) is 0 Å². The molecule has 1 N–H and O–H groups in total. The van der Waals surface area contributed by atoms with E-state index in [-0.39, 0.29) is 28.9 Å². The van der Waals surface area contributed by atoms with Crippen molar-refractivity contribution in [2.45, 2.75) is 52.3 Å². The Kier molecular flexibility index (Phi) is 7.75. The summed E-state index contributed by atoms with van der Waals surface area (Å²) in [6.07, 6.45) is -0.490. The molecule has 0 saturated heterocycles. The van der Waals surface area contributed by atoms with Crippen molar-refractivity contribution in [1.29, 1.82) is 5.26 Å². The minimum absolute atomic E-state index is 0.0224. The molecule has 0 saturated carbocycles. The summed E-state index contributed by atoms with van der Waals surface area (Å²) in [5.41, 5.74) is -3.25. The van der Waals surface area contributed by atoms with Gasteiger partial charge in [0.25, 0.3) is 11.2 Å². The third-order valence-corrected chi connectivity index (χ3v) is 4.91. The van der Waals surface area contributed by atoms with Gasteiger partial charge in [0.2, 0.25) is 5.88 Å². The van der Waals surface area contributed by atoms with Crippen LogP contribution in [0.3, 0.4) is 0 Å². The summed E-state index contributed by atoms with van der Waals surface area (Å²) in [4.78, 5) is 26.7. The normalized spacial score (nSPS) is 11.6. The highest BCUT2D eigenvalue weighted by atomic mass is 19.4. The quantitative estimate of drug-likeness (QED) is 0.263. The molecule has 2 aromatic rings. The Morgan fingerprint density at radius 3 is 2.56 bits per heavy atom. The third-order valence-electron chi connectivity index (χ3n) is 4.91. The largest absolute Gasteiger partial charge is 0.494 e. The fraction of sp³-hybridized carbons (Fsp3) is 0.381. The lowest BCUT2D eigenvalue weighted by Gasteiger charge is -2.14. The van der Waals surface area contributed by atoms with Crippen LogP contribution in [0.15, 0.2) is 28.0 Å². The first-order chi connectivity index (χ1) is 15.0. The molecule has 1 aromatic heterocycles. The predicted octanol–water partition coefficient (Wildman–Crippen LogP) is 4.99. The molecule has 0 radical (unpaired) electrons. The van der Waals surface area contributed by atoms with Gasteiger partial charge < -0.3 is 5.11 Å². The lowest BCUT2D eigenvalue weighted by molar-refractivity contribution is -0.384. The van der Waals surface area contributed by atoms with E-state index in [1.54, 1.807) is 6.07 Å². The van der Waals surface area contributed by atoms with Crippen molar-refractivity contribution in [2.24, 2.45) is 4.99 Å². The van der Waals surface area contributed by atoms with Gasteiger partial charge in [0.1, 0.15) is 17.3 Å². The zero-order valence-corrected chi connectivity index (χ0v) is 17.4. The number of nitrogens with zero attached hydrogens (tertiary/aromatic N) is 4. The fourth-order valence-corrected chi connectivity index (χ4v) is 3.12. The summed E-state index contributed by atoms with van der Waals surface area (Å²) in [6, 6.07) is 3.65. The van der Waals surface area contributed by atoms with Gasteiger partial charge in [0, 0.05) is 18.8 Å². The zero-order chi connectivity index (χ0) is 24.1. The van der Waals surface area contributed by atoms with Crippen LogP contribution >= 0.6 is 0 Å². The van der Waals surface area contributed by atoms with Crippen molar-refractivity contribution in [1.82, 2.24) is 4.57 Å². The monoisotopic (exact) mass is 450 g/mol. The summed E-state index contributed by atoms with van der Waals surface area (Å²) in [6.45, 7) is 3.57. The Morgan fingerprint density at radius 2 is 2.00 bits per heavy atom. The predicted molar refractivity (Wildman–Crippen MR) is 111 cm³/mol. The van der Waals surface area contributed by atoms with Crippen molar-refractivity contribution in [3.05, 3.63) is 60.9 Å². The number of aromatic hydroxyl groups is 1. The van der Waals surface area contributed by atoms with Crippen molar-refractivity contribution in [3.8, 4) is 11.9 Å². The Hall–Kier alpha value is -3.68. The van der Waals surface area contributed by atoms with Gasteiger partial charge in [-0.2, -0.15) is 18.4 Å². The number of benzene rings is 1. The SMILES string of the molecule is CCCCCCn1c(O)c(C=Nc2ccc(C(F)(F)F)cc2[N+](=O)[O-])c(C)c(C#N)c1=O. The average molecular weight is 450 g/mol. The van der Waals surface area contributed by atoms with Crippen LogP contribution in [0.25, 0.3) is 0 Å². The molecule has 0 unspecified atom stereocenters. The molecule has 0 atom stereocenters. The molecule has 8 nitrogen and oxygen atoms in total. The number of unbranched alkanes of at least 4 members (excludes halogenated alkanes) is 3. The number of nitro benzene ring substituents is 1. The van der Waals surface area contributed by atoms with Crippen LogP contribution in [0.2, 0.25) is 0 Å². The number of pyridine rings is 1. The molecule has 0 aliphatic carbocycles. The van der Waals surface area contributed by atoms with Gasteiger partial charge in [-0.15, -0.1) is 0 Å². The van der Waals surface area contributed by atoms with E-state index in [1.807, 2.05) is 6.92 Å². The van der Waals surface area contributed by atoms with Gasteiger partial charge in [-0.1, -0.05) is 26.2 Å². The van der Waals surface area contributed by atoms with E-state index in [9.17, 15) is 38.4 Å². The van der Waals surface area contributed by atoms with E-state index in [0.29, 0.717) is 18.6 Å². The maximum Gasteiger partial charge on any atom is 0.416 e. The first kappa shape index (κ1) is 24.6. The van der Waals surface area contributed by atoms with Crippen LogP contribution < -0.4 is 5.56 Å². The number of hydrogen-bond donors (Lipinski definition) is 1. The summed E-state index contributed by atoms with van der Waals surface area (Å²) in [5, 5.41) is 31.2. The lowest BCUT2D eigenvalue weighted by Crippen LogP contribution is -2.25. The van der Waals surface area contributed by atoms with Gasteiger partial charge in [-0.25, -0.2) is 4.99 Å². The number of nitriles is 1. The smallest absolute Gasteiger partial charge is 0.416 e. The van der Waals surface area contributed by atoms with E-state index in [0.717, 1.165) is 36.1 Å². The highest BCUT2D eigenvalue weighted by Gasteiger charge is 2.33. The highest BCUT2D eigenvalue weighted by molar-refractivity contribution is 5.88. The first-order valence-electron chi connectivity index (χ1n) is 9.79. The number of rotatable bonds is 8. The van der Waals surface area contributed by atoms with E-state index in [2.05, 4.69) is 4.99 Å². The van der Waals surface area contributed by atoms with Crippen molar-refractivity contribution in [2.75, 3.05) is 0 Å². The molecule has 0 bridgehead atoms. The van der Waals surface area contributed by atoms with Gasteiger partial charge in [0.05, 0.1) is 16.1 Å². The number of halogens is 3. The van der Waals surface area contributed by atoms with E-state index >= 15 is 0 Å². The summed E-state index contributed by atoms with van der Waals surface area (Å²) in [7, 11) is 0. The maximum absolute atomic E-state index is 12.9. The molecule has 32 heavy (non-hydrogen) atoms. The van der Waals surface area contributed by atoms with Gasteiger partial charge in [-0.05, 0) is 31.0 Å². The summed E-state index contributed by atoms with van der Waals surface area (Å²) in [5.74, 6) is -0.471. The van der Waals surface area contributed by atoms with Crippen LogP contribution in [0, 0.1) is 28.4 Å². The molecule has 11 heteroatoms. The minimum Gasteiger partial charge on any atom is -0.494 e. The maximum atomic E-state index is 12.9. The molecule has 1 aromatic carbocycles. The summed E-state index contributed by atoms with van der Waals surface area (Å²) >= 11 is 0. The van der Waals surface area contributed by atoms with E-state index in [4.69, 9.17) is 0 Å². The number of hydrogen-bond acceptors (Lipinski definition) is 6. The molecule has 0 aliphatic rings. The highest BCUT2D eigenvalue weighted by Crippen LogP contribution is 2.36. The number of alkyl halides is 3. The molecule has 0 aliphatic heterocycles. The molecular weight excluding hydrogens is 429 g/mol. The van der Waals surface area contributed by atoms with Crippen LogP contribution in [0.1, 0.15) is 54.9 Å². The fourth-order valence-electron chi connectivity index (χ4n) is 3.12. The molecule has 2 rings (SSSR count). The van der Waals surface area contributed by atoms with Crippen LogP contribution in [-0.4, -0.2) is 20.8 Å². The number of aromatic nitrogens is 1. The number of nitro groups is 1. The second-order valence-electron chi connectivity index (χ2n) is 7.08. The van der Waals surface area contributed by atoms with Crippen LogP contribution in [-0.2, 0) is 12.7 Å². The van der Waals surface area contributed by atoms with Gasteiger partial charge >= 0.3 is 6.18 Å². The second-order valence-corrected chi connectivity index (χ2v) is 7.08. The van der Waals surface area contributed by atoms with Gasteiger partial charge in [-0.3, -0.25) is 19.5 Å². The van der Waals surface area contributed by atoms with Crippen molar-refractivity contribution < 1.29 is 23.2 Å². The molecule has 0 amide bonds. The first-order valence-corrected chi connectivity index (χ1v) is 9.79. The second kappa shape index (κ2) is 10.1. The Morgan fingerprint density at radius 1 is 1.31 bits per heavy atom.